The molecule has 0 aliphatic rings. The minimum Gasteiger partial charge on any atom is -0.465 e. The first kappa shape index (κ1) is 15.5. The van der Waals surface area contributed by atoms with Crippen LogP contribution in [0.15, 0.2) is 18.5 Å². The number of fused-ring (bicyclic) bond motifs is 1. The quantitative estimate of drug-likeness (QED) is 0.858. The highest BCUT2D eigenvalue weighted by Gasteiger charge is 2.29. The van der Waals surface area contributed by atoms with Gasteiger partial charge < -0.3 is 15.0 Å². The maximum atomic E-state index is 11.8. The van der Waals surface area contributed by atoms with E-state index < -0.39 is 5.54 Å². The van der Waals surface area contributed by atoms with E-state index in [0.717, 1.165) is 11.0 Å². The highest BCUT2D eigenvalue weighted by Crippen LogP contribution is 2.20. The van der Waals surface area contributed by atoms with Gasteiger partial charge in [0.15, 0.2) is 0 Å². The number of aromatic nitrogens is 2. The molecular formula is C16H23N3O2. The lowest BCUT2D eigenvalue weighted by Crippen LogP contribution is -2.46. The van der Waals surface area contributed by atoms with Gasteiger partial charge in [0.2, 0.25) is 0 Å². The molecule has 0 aliphatic heterocycles. The number of nitrogens with zero attached hydrogens (tertiary/aromatic N) is 2. The predicted octanol–water partition coefficient (Wildman–Crippen LogP) is 2.32. The Labute approximate surface area is 125 Å². The van der Waals surface area contributed by atoms with Crippen molar-refractivity contribution >= 4 is 17.0 Å². The smallest absolute Gasteiger partial charge is 0.325 e. The van der Waals surface area contributed by atoms with Crippen LogP contribution < -0.4 is 5.73 Å². The molecule has 1 unspecified atom stereocenters. The van der Waals surface area contributed by atoms with Crippen LogP contribution in [0.5, 0.6) is 0 Å². The summed E-state index contributed by atoms with van der Waals surface area (Å²) in [5.74, 6) is -0.360. The lowest BCUT2D eigenvalue weighted by molar-refractivity contribution is -0.149. The lowest BCUT2D eigenvalue weighted by atomic mass is 9.99. The van der Waals surface area contributed by atoms with Crippen molar-refractivity contribution in [3.63, 3.8) is 0 Å². The monoisotopic (exact) mass is 289 g/mol. The summed E-state index contributed by atoms with van der Waals surface area (Å²) >= 11 is 0. The van der Waals surface area contributed by atoms with Gasteiger partial charge in [0, 0.05) is 6.54 Å². The summed E-state index contributed by atoms with van der Waals surface area (Å²) in [7, 11) is 0. The van der Waals surface area contributed by atoms with Gasteiger partial charge in [-0.15, -0.1) is 0 Å². The number of ether oxygens (including phenoxy) is 1. The second-order valence-corrected chi connectivity index (χ2v) is 5.75. The van der Waals surface area contributed by atoms with Crippen LogP contribution in [0.2, 0.25) is 0 Å². The number of esters is 1. The number of hydrogen-bond donors (Lipinski definition) is 1. The molecule has 0 radical (unpaired) electrons. The summed E-state index contributed by atoms with van der Waals surface area (Å²) in [6.07, 6.45) is 2.30. The van der Waals surface area contributed by atoms with Crippen molar-refractivity contribution in [2.24, 2.45) is 5.73 Å². The molecule has 0 amide bonds. The largest absolute Gasteiger partial charge is 0.465 e. The molecule has 2 rings (SSSR count). The van der Waals surface area contributed by atoms with Gasteiger partial charge in [-0.25, -0.2) is 4.98 Å². The average Bonchev–Trinajstić information content (AvgIpc) is 2.80. The fourth-order valence-corrected chi connectivity index (χ4v) is 2.24. The number of nitrogens with two attached hydrogens (primary N) is 1. The van der Waals surface area contributed by atoms with E-state index in [1.54, 1.807) is 20.2 Å². The number of benzene rings is 1. The van der Waals surface area contributed by atoms with E-state index in [1.165, 1.54) is 11.1 Å². The fraction of sp³-hybridized carbons (Fsp3) is 0.500. The summed E-state index contributed by atoms with van der Waals surface area (Å²) in [6.45, 7) is 8.62. The van der Waals surface area contributed by atoms with Crippen LogP contribution in [-0.4, -0.2) is 27.7 Å². The predicted molar refractivity (Wildman–Crippen MR) is 83.0 cm³/mol. The molecule has 1 heterocycles. The van der Waals surface area contributed by atoms with Crippen LogP contribution in [0.4, 0.5) is 0 Å². The molecule has 0 fully saturated rings. The molecular weight excluding hydrogens is 266 g/mol. The van der Waals surface area contributed by atoms with Crippen LogP contribution in [0, 0.1) is 13.8 Å². The molecule has 114 valence electrons. The van der Waals surface area contributed by atoms with Gasteiger partial charge in [-0.05, 0) is 57.4 Å². The molecule has 21 heavy (non-hydrogen) atoms. The zero-order valence-electron chi connectivity index (χ0n) is 13.1. The van der Waals surface area contributed by atoms with Crippen LogP contribution in [0.1, 0.15) is 31.4 Å². The van der Waals surface area contributed by atoms with Crippen molar-refractivity contribution in [2.75, 3.05) is 6.61 Å². The van der Waals surface area contributed by atoms with Crippen LogP contribution in [0.25, 0.3) is 11.0 Å². The summed E-state index contributed by atoms with van der Waals surface area (Å²) in [5, 5.41) is 0. The van der Waals surface area contributed by atoms with Gasteiger partial charge in [-0.2, -0.15) is 0 Å². The van der Waals surface area contributed by atoms with Gasteiger partial charge in [-0.1, -0.05) is 0 Å². The van der Waals surface area contributed by atoms with Gasteiger partial charge in [0.25, 0.3) is 0 Å². The van der Waals surface area contributed by atoms with E-state index >= 15 is 0 Å². The molecule has 5 heteroatoms. The third-order valence-corrected chi connectivity index (χ3v) is 3.85. The van der Waals surface area contributed by atoms with Gasteiger partial charge >= 0.3 is 5.97 Å². The number of carbonyl (C=O) groups excluding carboxylic acids is 1. The topological polar surface area (TPSA) is 70.1 Å². The first-order chi connectivity index (χ1) is 9.85. The molecule has 1 atom stereocenters. The fourth-order valence-electron chi connectivity index (χ4n) is 2.24. The van der Waals surface area contributed by atoms with Crippen molar-refractivity contribution < 1.29 is 9.53 Å². The zero-order chi connectivity index (χ0) is 15.6. The molecule has 0 spiro atoms. The van der Waals surface area contributed by atoms with E-state index in [1.807, 2.05) is 4.57 Å². The second-order valence-electron chi connectivity index (χ2n) is 5.75. The Hall–Kier alpha value is -1.88. The molecule has 2 N–H and O–H groups in total. The van der Waals surface area contributed by atoms with Crippen molar-refractivity contribution in [2.45, 2.75) is 46.2 Å². The molecule has 1 aromatic carbocycles. The highest BCUT2D eigenvalue weighted by molar-refractivity contribution is 5.80. The van der Waals surface area contributed by atoms with Crippen molar-refractivity contribution in [1.82, 2.24) is 9.55 Å². The summed E-state index contributed by atoms with van der Waals surface area (Å²) < 4.78 is 7.04. The number of aryl methyl sites for hydroxylation is 3. The first-order valence-electron chi connectivity index (χ1n) is 7.23. The van der Waals surface area contributed by atoms with Gasteiger partial charge in [0.05, 0.1) is 24.0 Å². The number of carbonyl (C=O) groups is 1. The van der Waals surface area contributed by atoms with Crippen LogP contribution >= 0.6 is 0 Å². The molecule has 5 nitrogen and oxygen atoms in total. The maximum Gasteiger partial charge on any atom is 0.325 e. The Balaban J connectivity index is 2.17. The highest BCUT2D eigenvalue weighted by atomic mass is 16.5. The third kappa shape index (κ3) is 3.24. The number of rotatable bonds is 5. The number of imidazole rings is 1. The Morgan fingerprint density at radius 3 is 2.71 bits per heavy atom. The van der Waals surface area contributed by atoms with Gasteiger partial charge in [-0.3, -0.25) is 4.79 Å². The molecule has 0 bridgehead atoms. The summed E-state index contributed by atoms with van der Waals surface area (Å²) in [5.41, 5.74) is 9.56. The summed E-state index contributed by atoms with van der Waals surface area (Å²) in [4.78, 5) is 16.2. The minimum atomic E-state index is -0.980. The van der Waals surface area contributed by atoms with Crippen LogP contribution in [0.3, 0.4) is 0 Å². The Bertz CT molecular complexity index is 659. The van der Waals surface area contributed by atoms with Crippen LogP contribution in [-0.2, 0) is 16.1 Å². The van der Waals surface area contributed by atoms with Crippen molar-refractivity contribution in [3.8, 4) is 0 Å². The van der Waals surface area contributed by atoms with E-state index in [2.05, 4.69) is 31.0 Å². The molecule has 0 saturated carbocycles. The Morgan fingerprint density at radius 1 is 1.38 bits per heavy atom. The normalized spacial score (nSPS) is 14.1. The first-order valence-corrected chi connectivity index (χ1v) is 7.23. The second kappa shape index (κ2) is 5.85. The van der Waals surface area contributed by atoms with E-state index in [-0.39, 0.29) is 5.97 Å². The van der Waals surface area contributed by atoms with Gasteiger partial charge in [0.1, 0.15) is 5.54 Å². The zero-order valence-corrected chi connectivity index (χ0v) is 13.1. The number of hydrogen-bond acceptors (Lipinski definition) is 4. The molecule has 1 aromatic heterocycles. The minimum absolute atomic E-state index is 0.345. The van der Waals surface area contributed by atoms with E-state index in [0.29, 0.717) is 19.6 Å². The van der Waals surface area contributed by atoms with E-state index in [4.69, 9.17) is 10.5 Å². The Morgan fingerprint density at radius 2 is 2.05 bits per heavy atom. The van der Waals surface area contributed by atoms with E-state index in [9.17, 15) is 4.79 Å². The average molecular weight is 289 g/mol. The maximum absolute atomic E-state index is 11.8. The standard InChI is InChI=1S/C16H23N3O2/c1-5-21-15(20)16(4,17)6-7-19-10-18-13-8-11(2)12(3)9-14(13)19/h8-10H,5-7,17H2,1-4H3. The van der Waals surface area contributed by atoms with Crippen molar-refractivity contribution in [3.05, 3.63) is 29.6 Å². The third-order valence-electron chi connectivity index (χ3n) is 3.85. The SMILES string of the molecule is CCOC(=O)C(C)(N)CCn1cnc2cc(C)c(C)cc21. The molecule has 0 aliphatic carbocycles. The van der Waals surface area contributed by atoms with Crippen molar-refractivity contribution in [1.29, 1.82) is 0 Å². The molecule has 2 aromatic rings. The summed E-state index contributed by atoms with van der Waals surface area (Å²) in [6, 6.07) is 4.20. The molecule has 0 saturated heterocycles. The lowest BCUT2D eigenvalue weighted by Gasteiger charge is -2.22. The Kier molecular flexibility index (Phi) is 4.32.